The lowest BCUT2D eigenvalue weighted by molar-refractivity contribution is -0.191. The second kappa shape index (κ2) is 10.7. The number of rotatable bonds is 5. The number of hydrogen-bond acceptors (Lipinski definition) is 10. The first-order valence-electron chi connectivity index (χ1n) is 12.1. The minimum atomic E-state index is -4.50. The number of nitrogens with two attached hydrogens (primary N) is 2. The highest BCUT2D eigenvalue weighted by molar-refractivity contribution is 7.99. The maximum absolute atomic E-state index is 13.2. The van der Waals surface area contributed by atoms with Crippen molar-refractivity contribution in [1.82, 2.24) is 19.4 Å². The van der Waals surface area contributed by atoms with Crippen molar-refractivity contribution in [2.45, 2.75) is 34.5 Å². The smallest absolute Gasteiger partial charge is 0.406 e. The third-order valence-corrected chi connectivity index (χ3v) is 8.24. The number of anilines is 3. The number of hydrogen-bond donors (Lipinski definition) is 4. The van der Waals surface area contributed by atoms with Crippen LogP contribution in [0.2, 0.25) is 5.02 Å². The number of piperidine rings is 1. The number of alkyl halides is 3. The Morgan fingerprint density at radius 1 is 1.15 bits per heavy atom. The molecule has 0 spiro atoms. The average Bonchev–Trinajstić information content (AvgIpc) is 2.92. The van der Waals surface area contributed by atoms with Crippen LogP contribution in [0.15, 0.2) is 63.5 Å². The number of pyridine rings is 1. The predicted octanol–water partition coefficient (Wildman–Crippen LogP) is 3.69. The molecule has 1 aliphatic rings. The summed E-state index contributed by atoms with van der Waals surface area (Å²) in [5.74, 6) is -1.30. The molecule has 0 bridgehead atoms. The second-order valence-electron chi connectivity index (χ2n) is 9.28. The van der Waals surface area contributed by atoms with E-state index in [1.165, 1.54) is 24.5 Å². The van der Waals surface area contributed by atoms with Crippen molar-refractivity contribution in [1.29, 1.82) is 0 Å². The summed E-state index contributed by atoms with van der Waals surface area (Å²) in [5.41, 5.74) is 8.41. The Kier molecular flexibility index (Phi) is 7.44. The quantitative estimate of drug-likeness (QED) is 0.263. The molecule has 6 N–H and O–H groups in total. The number of fused-ring (bicyclic) bond motifs is 1. The summed E-state index contributed by atoms with van der Waals surface area (Å²) in [6.45, 7) is 0.0755. The van der Waals surface area contributed by atoms with Gasteiger partial charge >= 0.3 is 6.18 Å². The molecule has 41 heavy (non-hydrogen) atoms. The Bertz CT molecular complexity index is 1710. The van der Waals surface area contributed by atoms with Crippen LogP contribution in [0.1, 0.15) is 23.2 Å². The number of halogens is 4. The second-order valence-corrected chi connectivity index (χ2v) is 10.7. The van der Waals surface area contributed by atoms with Crippen molar-refractivity contribution in [3.8, 4) is 5.88 Å². The molecule has 0 aliphatic carbocycles. The molecule has 3 aromatic heterocycles. The number of carbonyl (C=O) groups excluding carboxylic acids is 1. The van der Waals surface area contributed by atoms with E-state index in [4.69, 9.17) is 23.1 Å². The number of benzene rings is 1. The van der Waals surface area contributed by atoms with Crippen molar-refractivity contribution in [2.24, 2.45) is 5.73 Å². The van der Waals surface area contributed by atoms with E-state index >= 15 is 0 Å². The van der Waals surface area contributed by atoms with Gasteiger partial charge in [0.2, 0.25) is 5.88 Å². The molecule has 1 aromatic carbocycles. The van der Waals surface area contributed by atoms with Crippen LogP contribution in [0, 0.1) is 0 Å². The lowest BCUT2D eigenvalue weighted by Crippen LogP contribution is -2.59. The predicted molar refractivity (Wildman–Crippen MR) is 148 cm³/mol. The third kappa shape index (κ3) is 5.47. The zero-order valence-electron chi connectivity index (χ0n) is 21.0. The first-order valence-corrected chi connectivity index (χ1v) is 13.3. The molecular weight excluding hydrogens is 585 g/mol. The van der Waals surface area contributed by atoms with Crippen LogP contribution in [-0.2, 0) is 0 Å². The molecule has 214 valence electrons. The van der Waals surface area contributed by atoms with Crippen molar-refractivity contribution in [3.63, 3.8) is 0 Å². The van der Waals surface area contributed by atoms with Crippen LogP contribution in [-0.4, -0.2) is 55.2 Å². The number of amides is 1. The van der Waals surface area contributed by atoms with Crippen LogP contribution >= 0.6 is 23.4 Å². The summed E-state index contributed by atoms with van der Waals surface area (Å²) < 4.78 is 40.8. The third-order valence-electron chi connectivity index (χ3n) is 6.66. The monoisotopic (exact) mass is 606 g/mol. The highest BCUT2D eigenvalue weighted by Gasteiger charge is 2.53. The molecule has 0 radical (unpaired) electrons. The summed E-state index contributed by atoms with van der Waals surface area (Å²) in [7, 11) is 0. The molecule has 1 fully saturated rings. The summed E-state index contributed by atoms with van der Waals surface area (Å²) in [5, 5.41) is 13.2. The lowest BCUT2D eigenvalue weighted by atomic mass is 9.88. The van der Waals surface area contributed by atoms with E-state index in [9.17, 15) is 27.9 Å². The van der Waals surface area contributed by atoms with Gasteiger partial charge in [-0.2, -0.15) is 18.2 Å². The Morgan fingerprint density at radius 3 is 2.56 bits per heavy atom. The summed E-state index contributed by atoms with van der Waals surface area (Å²) in [4.78, 5) is 40.3. The minimum absolute atomic E-state index is 0.0265. The van der Waals surface area contributed by atoms with Gasteiger partial charge in [-0.25, -0.2) is 9.97 Å². The van der Waals surface area contributed by atoms with Crippen LogP contribution in [0.25, 0.3) is 5.65 Å². The van der Waals surface area contributed by atoms with Gasteiger partial charge in [-0.1, -0.05) is 35.5 Å². The normalized spacial score (nSPS) is 15.2. The molecular formula is C25H22ClF3N8O3S. The van der Waals surface area contributed by atoms with Gasteiger partial charge in [0.25, 0.3) is 11.5 Å². The molecule has 0 unspecified atom stereocenters. The summed E-state index contributed by atoms with van der Waals surface area (Å²) in [6.07, 6.45) is -2.26. The van der Waals surface area contributed by atoms with Gasteiger partial charge < -0.3 is 26.8 Å². The number of nitrogens with one attached hydrogen (secondary N) is 1. The van der Waals surface area contributed by atoms with Gasteiger partial charge in [0.05, 0.1) is 16.9 Å². The van der Waals surface area contributed by atoms with Gasteiger partial charge in [-0.05, 0) is 37.1 Å². The van der Waals surface area contributed by atoms with Crippen molar-refractivity contribution in [3.05, 3.63) is 69.7 Å². The molecule has 0 saturated carbocycles. The Hall–Kier alpha value is -4.08. The molecule has 1 saturated heterocycles. The zero-order chi connectivity index (χ0) is 29.5. The SMILES string of the molecule is Nc1nc(N2CCC(N)(C(F)(F)F)CC2)cnc1Sc1cccc(NC(=O)c2c(O)nc3ccccn3c2=O)c1Cl. The van der Waals surface area contributed by atoms with Crippen molar-refractivity contribution < 1.29 is 23.1 Å². The molecule has 16 heteroatoms. The van der Waals surface area contributed by atoms with E-state index in [0.717, 1.165) is 16.2 Å². The van der Waals surface area contributed by atoms with Crippen molar-refractivity contribution >= 4 is 52.2 Å². The van der Waals surface area contributed by atoms with Crippen LogP contribution in [0.3, 0.4) is 0 Å². The fraction of sp³-hybridized carbons (Fsp3) is 0.240. The standard InChI is InChI=1S/C25H22ClF3N8O3S/c26-18-13(33-20(38)17-21(39)35-15-6-1-2-9-37(15)23(17)40)4-3-5-14(18)41-22-19(30)34-16(12-32-22)36-10-7-24(31,8-11-36)25(27,28)29/h1-6,9,12,39H,7-8,10-11,31H2,(H2,30,34)(H,33,38). The van der Waals surface area contributed by atoms with Gasteiger partial charge in [-0.15, -0.1) is 0 Å². The summed E-state index contributed by atoms with van der Waals surface area (Å²) in [6, 6.07) is 9.46. The van der Waals surface area contributed by atoms with E-state index in [2.05, 4.69) is 20.3 Å². The molecule has 5 rings (SSSR count). The largest absolute Gasteiger partial charge is 0.493 e. The topological polar surface area (TPSA) is 165 Å². The molecule has 0 atom stereocenters. The first-order chi connectivity index (χ1) is 19.4. The van der Waals surface area contributed by atoms with E-state index in [0.29, 0.717) is 10.7 Å². The number of aromatic hydroxyl groups is 1. The average molecular weight is 607 g/mol. The fourth-order valence-corrected chi connectivity index (χ4v) is 5.38. The lowest BCUT2D eigenvalue weighted by Gasteiger charge is -2.40. The molecule has 4 heterocycles. The van der Waals surface area contributed by atoms with Crippen molar-refractivity contribution in [2.75, 3.05) is 29.0 Å². The molecule has 1 amide bonds. The molecule has 1 aliphatic heterocycles. The Labute approximate surface area is 239 Å². The number of nitrogens with zero attached hydrogens (tertiary/aromatic N) is 5. The minimum Gasteiger partial charge on any atom is -0.493 e. The van der Waals surface area contributed by atoms with Gasteiger partial charge in [0, 0.05) is 24.2 Å². The van der Waals surface area contributed by atoms with E-state index < -0.39 is 34.6 Å². The maximum atomic E-state index is 13.2. The zero-order valence-corrected chi connectivity index (χ0v) is 22.6. The number of nitrogen functional groups attached to an aromatic ring is 1. The number of aromatic nitrogens is 4. The maximum Gasteiger partial charge on any atom is 0.406 e. The van der Waals surface area contributed by atoms with Gasteiger partial charge in [0.15, 0.2) is 11.4 Å². The van der Waals surface area contributed by atoms with E-state index in [-0.39, 0.29) is 53.1 Å². The number of carbonyl (C=O) groups is 1. The van der Waals surface area contributed by atoms with Crippen LogP contribution in [0.5, 0.6) is 5.88 Å². The Morgan fingerprint density at radius 2 is 1.88 bits per heavy atom. The summed E-state index contributed by atoms with van der Waals surface area (Å²) >= 11 is 7.58. The highest BCUT2D eigenvalue weighted by atomic mass is 35.5. The first kappa shape index (κ1) is 28.4. The highest BCUT2D eigenvalue weighted by Crippen LogP contribution is 2.40. The Balaban J connectivity index is 1.32. The van der Waals surface area contributed by atoms with E-state index in [1.807, 2.05) is 0 Å². The fourth-order valence-electron chi connectivity index (χ4n) is 4.28. The molecule has 11 nitrogen and oxygen atoms in total. The van der Waals surface area contributed by atoms with Crippen LogP contribution < -0.4 is 27.2 Å². The molecule has 4 aromatic rings. The van der Waals surface area contributed by atoms with E-state index in [1.54, 1.807) is 29.2 Å². The van der Waals surface area contributed by atoms with Gasteiger partial charge in [0.1, 0.15) is 22.0 Å². The van der Waals surface area contributed by atoms with Gasteiger partial charge in [-0.3, -0.25) is 14.0 Å². The van der Waals surface area contributed by atoms with Crippen LogP contribution in [0.4, 0.5) is 30.5 Å².